The van der Waals surface area contributed by atoms with Gasteiger partial charge in [0, 0.05) is 30.5 Å². The predicted octanol–water partition coefficient (Wildman–Crippen LogP) is 4.69. The summed E-state index contributed by atoms with van der Waals surface area (Å²) >= 11 is 0. The fourth-order valence-corrected chi connectivity index (χ4v) is 5.52. The first-order valence-electron chi connectivity index (χ1n) is 13.1. The lowest BCUT2D eigenvalue weighted by Crippen LogP contribution is -2.29. The Kier molecular flexibility index (Phi) is 6.19. The number of carbonyl (C=O) groups is 1. The molecule has 38 heavy (non-hydrogen) atoms. The topological polar surface area (TPSA) is 102 Å². The molecule has 2 aliphatic heterocycles. The maximum atomic E-state index is 15.2. The molecule has 3 aromatic heterocycles. The Morgan fingerprint density at radius 3 is 2.79 bits per heavy atom. The minimum Gasteiger partial charge on any atom is -0.366 e. The molecule has 9 nitrogen and oxygen atoms in total. The first kappa shape index (κ1) is 24.3. The lowest BCUT2D eigenvalue weighted by Gasteiger charge is -2.22. The number of carbonyl (C=O) groups excluding carboxylic acids is 1. The third-order valence-corrected chi connectivity index (χ3v) is 7.31. The number of nitrogens with zero attached hydrogens (tertiary/aromatic N) is 5. The minimum atomic E-state index is -0.367. The Bertz CT molecular complexity index is 1560. The van der Waals surface area contributed by atoms with Crippen LogP contribution in [-0.2, 0) is 0 Å². The molecule has 6 rings (SSSR count). The highest BCUT2D eigenvalue weighted by Gasteiger charge is 2.22. The van der Waals surface area contributed by atoms with Crippen molar-refractivity contribution < 1.29 is 9.18 Å². The predicted molar refractivity (Wildman–Crippen MR) is 146 cm³/mol. The van der Waals surface area contributed by atoms with E-state index < -0.39 is 0 Å². The van der Waals surface area contributed by atoms with Crippen LogP contribution in [0.5, 0.6) is 0 Å². The largest absolute Gasteiger partial charge is 0.366 e. The third kappa shape index (κ3) is 4.34. The van der Waals surface area contributed by atoms with Crippen molar-refractivity contribution in [3.05, 3.63) is 71.2 Å². The summed E-state index contributed by atoms with van der Waals surface area (Å²) in [6.45, 7) is 8.49. The van der Waals surface area contributed by atoms with Crippen molar-refractivity contribution >= 4 is 34.0 Å². The zero-order valence-electron chi connectivity index (χ0n) is 21.8. The molecular weight excluding hydrogens is 483 g/mol. The van der Waals surface area contributed by atoms with Crippen LogP contribution in [0.2, 0.25) is 0 Å². The highest BCUT2D eigenvalue weighted by atomic mass is 19.1. The van der Waals surface area contributed by atoms with Crippen molar-refractivity contribution in [1.82, 2.24) is 29.6 Å². The molecule has 0 bridgehead atoms. The quantitative estimate of drug-likeness (QED) is 0.357. The van der Waals surface area contributed by atoms with Crippen LogP contribution >= 0.6 is 0 Å². The van der Waals surface area contributed by atoms with Crippen LogP contribution in [0.4, 0.5) is 15.9 Å². The maximum absolute atomic E-state index is 15.2. The fourth-order valence-electron chi connectivity index (χ4n) is 5.52. The van der Waals surface area contributed by atoms with Gasteiger partial charge in [0.1, 0.15) is 17.2 Å². The molecule has 10 heteroatoms. The number of aryl methyl sites for hydroxylation is 1. The van der Waals surface area contributed by atoms with Gasteiger partial charge in [0.25, 0.3) is 5.91 Å². The van der Waals surface area contributed by atoms with Crippen LogP contribution in [0.3, 0.4) is 0 Å². The van der Waals surface area contributed by atoms with Crippen LogP contribution in [-0.4, -0.2) is 49.9 Å². The first-order chi connectivity index (χ1) is 18.4. The first-order valence-corrected chi connectivity index (χ1v) is 13.1. The summed E-state index contributed by atoms with van der Waals surface area (Å²) < 4.78 is 19.2. The summed E-state index contributed by atoms with van der Waals surface area (Å²) in [7, 11) is 0. The van der Waals surface area contributed by atoms with Crippen LogP contribution in [0.15, 0.2) is 42.9 Å². The summed E-state index contributed by atoms with van der Waals surface area (Å²) in [4.78, 5) is 22.1. The number of hydrogen-bond donors (Lipinski definition) is 3. The number of nitrogens with one attached hydrogen (secondary N) is 3. The number of imidazole rings is 1. The number of pyridine rings is 1. The van der Waals surface area contributed by atoms with Gasteiger partial charge >= 0.3 is 0 Å². The normalized spacial score (nSPS) is 15.9. The van der Waals surface area contributed by atoms with E-state index in [1.54, 1.807) is 18.5 Å². The fraction of sp³-hybridized carbons (Fsp3) is 0.357. The standard InChI is InChI=1S/C28H31FN8O/c1-16(2)37-17(3)34-26-24(29)11-18(12-25(26)37)22-6-9-31-27-23(22)10-19(13-32-27)28(38)35-20-14-33-36(15-20)21-4-7-30-8-5-21/h6,10-16,21,30H,4-5,7-9H2,1-3H3,(H,31,32)(H,35,38). The van der Waals surface area contributed by atoms with Gasteiger partial charge in [-0.15, -0.1) is 0 Å². The Morgan fingerprint density at radius 2 is 2.00 bits per heavy atom. The number of rotatable bonds is 5. The number of hydrogen-bond acceptors (Lipinski definition) is 6. The van der Waals surface area contributed by atoms with E-state index in [4.69, 9.17) is 0 Å². The number of fused-ring (bicyclic) bond motifs is 2. The zero-order valence-corrected chi connectivity index (χ0v) is 21.8. The molecule has 2 aliphatic rings. The van der Waals surface area contributed by atoms with Gasteiger partial charge in [-0.2, -0.15) is 5.10 Å². The van der Waals surface area contributed by atoms with Crippen LogP contribution < -0.4 is 16.0 Å². The molecule has 4 aromatic rings. The molecule has 5 heterocycles. The monoisotopic (exact) mass is 514 g/mol. The minimum absolute atomic E-state index is 0.139. The van der Waals surface area contributed by atoms with Crippen LogP contribution in [0, 0.1) is 12.7 Å². The van der Waals surface area contributed by atoms with Crippen molar-refractivity contribution in [3.63, 3.8) is 0 Å². The van der Waals surface area contributed by atoms with Crippen molar-refractivity contribution in [2.75, 3.05) is 30.3 Å². The molecule has 1 aromatic carbocycles. The van der Waals surface area contributed by atoms with Crippen molar-refractivity contribution in [2.24, 2.45) is 0 Å². The maximum Gasteiger partial charge on any atom is 0.257 e. The summed E-state index contributed by atoms with van der Waals surface area (Å²) in [6, 6.07) is 5.77. The average molecular weight is 515 g/mol. The molecule has 1 amide bonds. The van der Waals surface area contributed by atoms with Crippen molar-refractivity contribution in [2.45, 2.75) is 45.7 Å². The molecule has 1 saturated heterocycles. The second kappa shape index (κ2) is 9.68. The molecule has 196 valence electrons. The van der Waals surface area contributed by atoms with E-state index in [1.807, 2.05) is 34.5 Å². The Labute approximate surface area is 220 Å². The van der Waals surface area contributed by atoms with Gasteiger partial charge in [0.05, 0.1) is 29.0 Å². The van der Waals surface area contributed by atoms with Gasteiger partial charge in [0.15, 0.2) is 5.82 Å². The smallest absolute Gasteiger partial charge is 0.257 e. The lowest BCUT2D eigenvalue weighted by molar-refractivity contribution is 0.102. The van der Waals surface area contributed by atoms with Gasteiger partial charge in [-0.1, -0.05) is 6.08 Å². The highest BCUT2D eigenvalue weighted by Crippen LogP contribution is 2.35. The number of amides is 1. The Hall–Kier alpha value is -4.05. The molecule has 0 radical (unpaired) electrons. The third-order valence-electron chi connectivity index (χ3n) is 7.31. The van der Waals surface area contributed by atoms with E-state index in [0.29, 0.717) is 35.2 Å². The average Bonchev–Trinajstić information content (AvgIpc) is 3.52. The molecule has 0 atom stereocenters. The second-order valence-corrected chi connectivity index (χ2v) is 10.2. The number of halogens is 1. The van der Waals surface area contributed by atoms with Gasteiger partial charge in [0.2, 0.25) is 0 Å². The molecule has 1 fully saturated rings. The summed E-state index contributed by atoms with van der Waals surface area (Å²) in [5.74, 6) is 0.792. The molecule has 0 saturated carbocycles. The second-order valence-electron chi connectivity index (χ2n) is 10.2. The Balaban J connectivity index is 1.30. The zero-order chi connectivity index (χ0) is 26.4. The van der Waals surface area contributed by atoms with E-state index in [2.05, 4.69) is 44.9 Å². The Morgan fingerprint density at radius 1 is 1.18 bits per heavy atom. The van der Waals surface area contributed by atoms with Crippen LogP contribution in [0.25, 0.3) is 16.6 Å². The number of aromatic nitrogens is 5. The lowest BCUT2D eigenvalue weighted by atomic mass is 9.94. The van der Waals surface area contributed by atoms with E-state index in [9.17, 15) is 4.79 Å². The van der Waals surface area contributed by atoms with Gasteiger partial charge in [-0.05, 0) is 76.0 Å². The highest BCUT2D eigenvalue weighted by molar-refractivity contribution is 6.05. The summed E-state index contributed by atoms with van der Waals surface area (Å²) in [6.07, 6.45) is 9.13. The van der Waals surface area contributed by atoms with E-state index in [0.717, 1.165) is 54.0 Å². The molecule has 0 aliphatic carbocycles. The summed E-state index contributed by atoms with van der Waals surface area (Å²) in [5, 5.41) is 14.0. The SMILES string of the molecule is Cc1nc2c(F)cc(C3=CCNc4ncc(C(=O)Nc5cnn(C6CCNCC6)c5)cc43)cc2n1C(C)C. The van der Waals surface area contributed by atoms with Gasteiger partial charge < -0.3 is 20.5 Å². The molecule has 3 N–H and O–H groups in total. The number of piperidine rings is 1. The molecule has 0 unspecified atom stereocenters. The molecular formula is C28H31FN8O. The number of anilines is 2. The van der Waals surface area contributed by atoms with Gasteiger partial charge in [-0.3, -0.25) is 9.48 Å². The van der Waals surface area contributed by atoms with Crippen molar-refractivity contribution in [3.8, 4) is 0 Å². The van der Waals surface area contributed by atoms with E-state index in [-0.39, 0.29) is 17.8 Å². The van der Waals surface area contributed by atoms with E-state index >= 15 is 4.39 Å². The van der Waals surface area contributed by atoms with Crippen molar-refractivity contribution in [1.29, 1.82) is 0 Å². The van der Waals surface area contributed by atoms with E-state index in [1.165, 1.54) is 6.07 Å². The molecule has 0 spiro atoms. The number of benzene rings is 1. The van der Waals surface area contributed by atoms with Gasteiger partial charge in [-0.25, -0.2) is 14.4 Å². The van der Waals surface area contributed by atoms with Crippen LogP contribution in [0.1, 0.15) is 66.1 Å². The summed E-state index contributed by atoms with van der Waals surface area (Å²) in [5.41, 5.74) is 4.48.